The Balaban J connectivity index is 1.53. The number of hydrogen-bond donors (Lipinski definition) is 2. The van der Waals surface area contributed by atoms with E-state index in [1.807, 2.05) is 6.92 Å². The summed E-state index contributed by atoms with van der Waals surface area (Å²) < 4.78 is 10.6. The fraction of sp³-hybridized carbons (Fsp3) is 0.250. The second-order valence-corrected chi connectivity index (χ2v) is 5.98. The van der Waals surface area contributed by atoms with Gasteiger partial charge in [-0.2, -0.15) is 0 Å². The van der Waals surface area contributed by atoms with Crippen LogP contribution in [0.15, 0.2) is 42.5 Å². The maximum absolute atomic E-state index is 12.3. The van der Waals surface area contributed by atoms with Crippen molar-refractivity contribution in [3.05, 3.63) is 48.0 Å². The number of rotatable bonds is 7. The van der Waals surface area contributed by atoms with Gasteiger partial charge in [0.05, 0.1) is 12.3 Å². The average molecular weight is 368 g/mol. The molecule has 1 heterocycles. The molecule has 0 unspecified atom stereocenters. The number of ether oxygens (including phenoxy) is 2. The summed E-state index contributed by atoms with van der Waals surface area (Å²) in [5.74, 6) is 0.567. The van der Waals surface area contributed by atoms with Crippen LogP contribution in [0.1, 0.15) is 30.1 Å². The number of carbonyl (C=O) groups excluding carboxylic acids is 3. The number of anilines is 2. The lowest BCUT2D eigenvalue weighted by Crippen LogP contribution is -2.25. The van der Waals surface area contributed by atoms with Crippen LogP contribution in [0.3, 0.4) is 0 Å². The van der Waals surface area contributed by atoms with Gasteiger partial charge in [0, 0.05) is 24.1 Å². The van der Waals surface area contributed by atoms with E-state index in [-0.39, 0.29) is 37.0 Å². The van der Waals surface area contributed by atoms with Gasteiger partial charge in [0.25, 0.3) is 5.91 Å². The van der Waals surface area contributed by atoms with Gasteiger partial charge in [-0.05, 0) is 49.4 Å². The maximum Gasteiger partial charge on any atom is 0.262 e. The van der Waals surface area contributed by atoms with E-state index >= 15 is 0 Å². The summed E-state index contributed by atoms with van der Waals surface area (Å²) in [6, 6.07) is 11.9. The molecule has 0 aliphatic carbocycles. The van der Waals surface area contributed by atoms with E-state index in [1.54, 1.807) is 42.5 Å². The number of Topliss-reactive ketones (excluding diaryl/α,β-unsaturated/α-hetero) is 1. The highest BCUT2D eigenvalue weighted by molar-refractivity contribution is 6.02. The van der Waals surface area contributed by atoms with Crippen molar-refractivity contribution in [2.24, 2.45) is 0 Å². The first kappa shape index (κ1) is 18.4. The Bertz CT molecular complexity index is 861. The molecule has 2 aromatic rings. The molecule has 0 saturated carbocycles. The number of carbonyl (C=O) groups is 3. The highest BCUT2D eigenvalue weighted by atomic mass is 16.5. The summed E-state index contributed by atoms with van der Waals surface area (Å²) in [5.41, 5.74) is 1.54. The minimum atomic E-state index is -0.262. The summed E-state index contributed by atoms with van der Waals surface area (Å²) in [6.45, 7) is 2.44. The Morgan fingerprint density at radius 1 is 1.15 bits per heavy atom. The maximum atomic E-state index is 12.3. The Labute approximate surface area is 156 Å². The van der Waals surface area contributed by atoms with Crippen LogP contribution >= 0.6 is 0 Å². The van der Waals surface area contributed by atoms with Crippen molar-refractivity contribution in [3.8, 4) is 11.5 Å². The monoisotopic (exact) mass is 368 g/mol. The molecule has 0 radical (unpaired) electrons. The first-order chi connectivity index (χ1) is 13.0. The molecule has 7 heteroatoms. The summed E-state index contributed by atoms with van der Waals surface area (Å²) >= 11 is 0. The minimum Gasteiger partial charge on any atom is -0.494 e. The fourth-order valence-electron chi connectivity index (χ4n) is 2.65. The lowest BCUT2D eigenvalue weighted by atomic mass is 10.0. The number of hydrogen-bond acceptors (Lipinski definition) is 5. The molecule has 2 amide bonds. The van der Waals surface area contributed by atoms with E-state index in [0.29, 0.717) is 29.3 Å². The van der Waals surface area contributed by atoms with Gasteiger partial charge in [-0.1, -0.05) is 0 Å². The summed E-state index contributed by atoms with van der Waals surface area (Å²) in [6.07, 6.45) is 0.127. The molecule has 0 spiro atoms. The smallest absolute Gasteiger partial charge is 0.262 e. The minimum absolute atomic E-state index is 0.0357. The van der Waals surface area contributed by atoms with Crippen molar-refractivity contribution in [2.75, 3.05) is 23.8 Å². The van der Waals surface area contributed by atoms with E-state index in [1.165, 1.54) is 0 Å². The molecule has 0 bridgehead atoms. The van der Waals surface area contributed by atoms with Crippen LogP contribution in [0.2, 0.25) is 0 Å². The second kappa shape index (κ2) is 8.35. The zero-order chi connectivity index (χ0) is 19.2. The van der Waals surface area contributed by atoms with Crippen LogP contribution in [-0.4, -0.2) is 30.8 Å². The SMILES string of the molecule is CCOc1ccc(NC(=O)CCC(=O)c2ccc3c(c2)NC(=O)CO3)cc1. The molecular formula is C20H20N2O5. The first-order valence-corrected chi connectivity index (χ1v) is 8.68. The molecule has 2 N–H and O–H groups in total. The van der Waals surface area contributed by atoms with Crippen molar-refractivity contribution in [1.82, 2.24) is 0 Å². The molecule has 0 aromatic heterocycles. The van der Waals surface area contributed by atoms with Gasteiger partial charge in [0.15, 0.2) is 12.4 Å². The molecule has 0 atom stereocenters. The van der Waals surface area contributed by atoms with E-state index in [4.69, 9.17) is 9.47 Å². The Kier molecular flexibility index (Phi) is 5.71. The normalized spacial score (nSPS) is 12.4. The largest absolute Gasteiger partial charge is 0.494 e. The number of fused-ring (bicyclic) bond motifs is 1. The Hall–Kier alpha value is -3.35. The van der Waals surface area contributed by atoms with E-state index in [2.05, 4.69) is 10.6 Å². The van der Waals surface area contributed by atoms with E-state index in [0.717, 1.165) is 5.75 Å². The fourth-order valence-corrected chi connectivity index (χ4v) is 2.65. The van der Waals surface area contributed by atoms with Gasteiger partial charge in [0.2, 0.25) is 5.91 Å². The van der Waals surface area contributed by atoms with Crippen LogP contribution in [0.5, 0.6) is 11.5 Å². The van der Waals surface area contributed by atoms with Gasteiger partial charge < -0.3 is 20.1 Å². The van der Waals surface area contributed by atoms with E-state index < -0.39 is 0 Å². The van der Waals surface area contributed by atoms with Crippen LogP contribution < -0.4 is 20.1 Å². The summed E-state index contributed by atoms with van der Waals surface area (Å²) in [4.78, 5) is 35.8. The number of amides is 2. The van der Waals surface area contributed by atoms with Crippen molar-refractivity contribution >= 4 is 29.0 Å². The number of nitrogens with one attached hydrogen (secondary N) is 2. The topological polar surface area (TPSA) is 93.7 Å². The number of ketones is 1. The molecular weight excluding hydrogens is 348 g/mol. The lowest BCUT2D eigenvalue weighted by molar-refractivity contribution is -0.118. The van der Waals surface area contributed by atoms with E-state index in [9.17, 15) is 14.4 Å². The number of benzene rings is 2. The van der Waals surface area contributed by atoms with Gasteiger partial charge >= 0.3 is 0 Å². The molecule has 0 saturated heterocycles. The molecule has 3 rings (SSSR count). The molecule has 7 nitrogen and oxygen atoms in total. The third-order valence-corrected chi connectivity index (χ3v) is 3.96. The van der Waals surface area contributed by atoms with Gasteiger partial charge in [0.1, 0.15) is 11.5 Å². The second-order valence-electron chi connectivity index (χ2n) is 5.98. The van der Waals surface area contributed by atoms with Gasteiger partial charge in [-0.25, -0.2) is 0 Å². The van der Waals surface area contributed by atoms with Crippen molar-refractivity contribution < 1.29 is 23.9 Å². The lowest BCUT2D eigenvalue weighted by Gasteiger charge is -2.18. The highest BCUT2D eigenvalue weighted by Gasteiger charge is 2.18. The predicted molar refractivity (Wildman–Crippen MR) is 100 cm³/mol. The average Bonchev–Trinajstić information content (AvgIpc) is 2.67. The molecule has 1 aliphatic rings. The Morgan fingerprint density at radius 2 is 1.93 bits per heavy atom. The van der Waals surface area contributed by atoms with Crippen molar-refractivity contribution in [2.45, 2.75) is 19.8 Å². The van der Waals surface area contributed by atoms with Gasteiger partial charge in [-0.3, -0.25) is 14.4 Å². The van der Waals surface area contributed by atoms with Crippen molar-refractivity contribution in [1.29, 1.82) is 0 Å². The van der Waals surface area contributed by atoms with Crippen LogP contribution in [0, 0.1) is 0 Å². The molecule has 0 fully saturated rings. The third-order valence-electron chi connectivity index (χ3n) is 3.96. The zero-order valence-corrected chi connectivity index (χ0v) is 14.9. The predicted octanol–water partition coefficient (Wildman–Crippen LogP) is 3.02. The molecule has 1 aliphatic heterocycles. The van der Waals surface area contributed by atoms with Crippen molar-refractivity contribution in [3.63, 3.8) is 0 Å². The molecule has 140 valence electrons. The Morgan fingerprint density at radius 3 is 2.67 bits per heavy atom. The zero-order valence-electron chi connectivity index (χ0n) is 14.9. The third kappa shape index (κ3) is 4.84. The van der Waals surface area contributed by atoms with Crippen LogP contribution in [0.4, 0.5) is 11.4 Å². The quantitative estimate of drug-likeness (QED) is 0.733. The van der Waals surface area contributed by atoms with Crippen LogP contribution in [0.25, 0.3) is 0 Å². The van der Waals surface area contributed by atoms with Gasteiger partial charge in [-0.15, -0.1) is 0 Å². The summed E-state index contributed by atoms with van der Waals surface area (Å²) in [5, 5.41) is 5.41. The summed E-state index contributed by atoms with van der Waals surface area (Å²) in [7, 11) is 0. The first-order valence-electron chi connectivity index (χ1n) is 8.68. The molecule has 27 heavy (non-hydrogen) atoms. The highest BCUT2D eigenvalue weighted by Crippen LogP contribution is 2.29. The molecule has 2 aromatic carbocycles. The van der Waals surface area contributed by atoms with Crippen LogP contribution in [-0.2, 0) is 9.59 Å². The standard InChI is InChI=1S/C20H20N2O5/c1-2-26-15-6-4-14(5-7-15)21-19(24)10-8-17(23)13-3-9-18-16(11-13)22-20(25)12-27-18/h3-7,9,11H,2,8,10,12H2,1H3,(H,21,24)(H,22,25).